The number of aromatic nitrogens is 2. The van der Waals surface area contributed by atoms with Crippen LogP contribution in [0.2, 0.25) is 0 Å². The molecule has 1 amide bonds. The quantitative estimate of drug-likeness (QED) is 0.219. The van der Waals surface area contributed by atoms with E-state index in [2.05, 4.69) is 44.4 Å². The third-order valence-electron chi connectivity index (χ3n) is 9.62. The molecule has 46 heavy (non-hydrogen) atoms. The maximum Gasteiger partial charge on any atom is 0.238 e. The first-order valence-corrected chi connectivity index (χ1v) is 15.5. The van der Waals surface area contributed by atoms with Crippen molar-refractivity contribution >= 4 is 17.3 Å². The molecule has 3 aliphatic rings. The van der Waals surface area contributed by atoms with Gasteiger partial charge in [-0.05, 0) is 89.8 Å². The molecule has 2 aliphatic heterocycles. The number of hydrogen-bond donors (Lipinski definition) is 2. The van der Waals surface area contributed by atoms with Gasteiger partial charge < -0.3 is 24.7 Å². The van der Waals surface area contributed by atoms with Crippen molar-refractivity contribution in [1.82, 2.24) is 15.5 Å². The van der Waals surface area contributed by atoms with E-state index in [1.54, 1.807) is 12.1 Å². The molecular weight excluding hydrogens is 595 g/mol. The fourth-order valence-corrected chi connectivity index (χ4v) is 7.29. The van der Waals surface area contributed by atoms with Crippen molar-refractivity contribution in [2.75, 3.05) is 29.9 Å². The van der Waals surface area contributed by atoms with Crippen LogP contribution < -0.4 is 20.3 Å². The highest BCUT2D eigenvalue weighted by Crippen LogP contribution is 2.53. The summed E-state index contributed by atoms with van der Waals surface area (Å²) in [5, 5.41) is 14.0. The molecule has 1 unspecified atom stereocenters. The van der Waals surface area contributed by atoms with Crippen LogP contribution in [0.1, 0.15) is 60.2 Å². The van der Waals surface area contributed by atoms with E-state index in [0.717, 1.165) is 79.1 Å². The fourth-order valence-electron chi connectivity index (χ4n) is 7.29. The first-order chi connectivity index (χ1) is 22.3. The Bertz CT molecular complexity index is 1760. The Morgan fingerprint density at radius 3 is 2.72 bits per heavy atom. The molecule has 0 bridgehead atoms. The van der Waals surface area contributed by atoms with E-state index in [4.69, 9.17) is 9.15 Å². The Balaban J connectivity index is 1.06. The number of carbonyl (C=O) groups is 1. The maximum atomic E-state index is 14.7. The standard InChI is InChI=1S/C35H34F3N5O3/c1-2-25-19-39-30-8-5-24(17-32(30)46-25)43-11-9-35(10-12-43)18-22(26-6-4-23(36)16-27(26)35)15-33(44)41-31(34-42-40-20-45-34)14-21-3-7-28(37)29(38)13-21/h2-8,13,16-17,20,22,25,31,39H,1,9-12,14-15,18-19H2,(H,41,44)/t22-,25?,31-/m1/s1. The van der Waals surface area contributed by atoms with Crippen molar-refractivity contribution in [2.24, 2.45) is 0 Å². The molecule has 11 heteroatoms. The van der Waals surface area contributed by atoms with Crippen LogP contribution in [0.15, 0.2) is 78.1 Å². The molecule has 0 radical (unpaired) electrons. The molecule has 238 valence electrons. The number of hydrogen-bond acceptors (Lipinski definition) is 7. The number of benzene rings is 3. The van der Waals surface area contributed by atoms with Crippen molar-refractivity contribution in [1.29, 1.82) is 0 Å². The van der Waals surface area contributed by atoms with Gasteiger partial charge >= 0.3 is 0 Å². The van der Waals surface area contributed by atoms with Crippen molar-refractivity contribution < 1.29 is 27.1 Å². The van der Waals surface area contributed by atoms with Crippen molar-refractivity contribution in [3.05, 3.63) is 114 Å². The van der Waals surface area contributed by atoms with Gasteiger partial charge in [0.05, 0.1) is 12.2 Å². The minimum Gasteiger partial charge on any atom is -0.482 e. The number of anilines is 2. The van der Waals surface area contributed by atoms with Crippen LogP contribution in [0.4, 0.5) is 24.5 Å². The van der Waals surface area contributed by atoms with E-state index in [-0.39, 0.29) is 47.9 Å². The van der Waals surface area contributed by atoms with Crippen molar-refractivity contribution in [2.45, 2.75) is 55.6 Å². The lowest BCUT2D eigenvalue weighted by Crippen LogP contribution is -2.42. The molecule has 4 aromatic rings. The van der Waals surface area contributed by atoms with Gasteiger partial charge in [0.25, 0.3) is 0 Å². The zero-order valence-corrected chi connectivity index (χ0v) is 25.1. The normalized spacial score (nSPS) is 20.3. The lowest BCUT2D eigenvalue weighted by atomic mass is 9.73. The molecule has 1 saturated heterocycles. The lowest BCUT2D eigenvalue weighted by Gasteiger charge is -2.41. The minimum atomic E-state index is -0.974. The zero-order valence-electron chi connectivity index (χ0n) is 25.1. The summed E-state index contributed by atoms with van der Waals surface area (Å²) in [5.74, 6) is -1.61. The molecule has 1 aromatic heterocycles. The Kier molecular flexibility index (Phi) is 7.92. The predicted octanol–water partition coefficient (Wildman–Crippen LogP) is 6.36. The van der Waals surface area contributed by atoms with Crippen LogP contribution >= 0.6 is 0 Å². The number of fused-ring (bicyclic) bond motifs is 3. The molecule has 3 aromatic carbocycles. The van der Waals surface area contributed by atoms with Crippen LogP contribution in [0.3, 0.4) is 0 Å². The van der Waals surface area contributed by atoms with Crippen molar-refractivity contribution in [3.63, 3.8) is 0 Å². The highest BCUT2D eigenvalue weighted by Gasteiger charge is 2.46. The second-order valence-corrected chi connectivity index (χ2v) is 12.4. The number of rotatable bonds is 8. The number of halogens is 3. The molecule has 1 fully saturated rings. The molecule has 1 spiro atoms. The first kappa shape index (κ1) is 29.9. The zero-order chi connectivity index (χ0) is 31.8. The van der Waals surface area contributed by atoms with E-state index in [0.29, 0.717) is 12.1 Å². The van der Waals surface area contributed by atoms with Gasteiger partial charge in [-0.2, -0.15) is 0 Å². The largest absolute Gasteiger partial charge is 0.482 e. The first-order valence-electron chi connectivity index (χ1n) is 15.5. The monoisotopic (exact) mass is 629 g/mol. The molecule has 8 nitrogen and oxygen atoms in total. The van der Waals surface area contributed by atoms with Crippen LogP contribution in [0.25, 0.3) is 0 Å². The van der Waals surface area contributed by atoms with Gasteiger partial charge in [0, 0.05) is 37.7 Å². The summed E-state index contributed by atoms with van der Waals surface area (Å²) in [5.41, 5.74) is 4.22. The van der Waals surface area contributed by atoms with Crippen LogP contribution in [0.5, 0.6) is 5.75 Å². The van der Waals surface area contributed by atoms with E-state index < -0.39 is 17.7 Å². The number of piperidine rings is 1. The number of carbonyl (C=O) groups excluding carboxylic acids is 1. The number of amides is 1. The second kappa shape index (κ2) is 12.2. The third-order valence-corrected chi connectivity index (χ3v) is 9.62. The highest BCUT2D eigenvalue weighted by atomic mass is 19.2. The van der Waals surface area contributed by atoms with Gasteiger partial charge in [0.2, 0.25) is 18.2 Å². The summed E-state index contributed by atoms with van der Waals surface area (Å²) < 4.78 is 53.5. The van der Waals surface area contributed by atoms with Crippen molar-refractivity contribution in [3.8, 4) is 5.75 Å². The summed E-state index contributed by atoms with van der Waals surface area (Å²) in [4.78, 5) is 15.9. The summed E-state index contributed by atoms with van der Waals surface area (Å²) in [7, 11) is 0. The van der Waals surface area contributed by atoms with E-state index in [1.807, 2.05) is 12.1 Å². The van der Waals surface area contributed by atoms with Gasteiger partial charge in [-0.15, -0.1) is 10.2 Å². The number of nitrogens with one attached hydrogen (secondary N) is 2. The predicted molar refractivity (Wildman–Crippen MR) is 166 cm³/mol. The molecule has 2 N–H and O–H groups in total. The van der Waals surface area contributed by atoms with E-state index in [1.165, 1.54) is 12.1 Å². The van der Waals surface area contributed by atoms with Gasteiger partial charge in [-0.1, -0.05) is 18.7 Å². The Morgan fingerprint density at radius 2 is 1.96 bits per heavy atom. The van der Waals surface area contributed by atoms with Gasteiger partial charge in [0.15, 0.2) is 11.6 Å². The van der Waals surface area contributed by atoms with Crippen LogP contribution in [0, 0.1) is 17.5 Å². The molecule has 7 rings (SSSR count). The SMILES string of the molecule is C=CC1CNc2ccc(N3CCC4(CC3)C[C@@H](CC(=O)N[C@H](Cc3ccc(F)c(F)c3)c3nnco3)c3ccc(F)cc34)cc2O1. The van der Waals surface area contributed by atoms with Crippen LogP contribution in [-0.4, -0.2) is 41.8 Å². The Hall–Kier alpha value is -4.80. The smallest absolute Gasteiger partial charge is 0.238 e. The fraction of sp³-hybridized carbons (Fsp3) is 0.343. The summed E-state index contributed by atoms with van der Waals surface area (Å²) >= 11 is 0. The molecule has 3 heterocycles. The average Bonchev–Trinajstić information content (AvgIpc) is 3.69. The summed E-state index contributed by atoms with van der Waals surface area (Å²) in [6.07, 6.45) is 5.52. The Morgan fingerprint density at radius 1 is 1.11 bits per heavy atom. The second-order valence-electron chi connectivity index (χ2n) is 12.4. The molecule has 1 aliphatic carbocycles. The average molecular weight is 630 g/mol. The molecule has 3 atom stereocenters. The van der Waals surface area contributed by atoms with Gasteiger partial charge in [-0.25, -0.2) is 13.2 Å². The number of ether oxygens (including phenoxy) is 1. The van der Waals surface area contributed by atoms with Gasteiger partial charge in [-0.3, -0.25) is 4.79 Å². The third kappa shape index (κ3) is 5.81. The summed E-state index contributed by atoms with van der Waals surface area (Å²) in [6.45, 7) is 6.08. The lowest BCUT2D eigenvalue weighted by molar-refractivity contribution is -0.122. The maximum absolute atomic E-state index is 14.7. The summed E-state index contributed by atoms with van der Waals surface area (Å²) in [6, 6.07) is 14.0. The van der Waals surface area contributed by atoms with E-state index >= 15 is 0 Å². The highest BCUT2D eigenvalue weighted by molar-refractivity contribution is 5.78. The topological polar surface area (TPSA) is 92.5 Å². The molecular formula is C35H34F3N5O3. The molecule has 0 saturated carbocycles. The minimum absolute atomic E-state index is 0.0837. The Labute approximate surface area is 264 Å². The number of nitrogens with zero attached hydrogens (tertiary/aromatic N) is 3. The van der Waals surface area contributed by atoms with Gasteiger partial charge in [0.1, 0.15) is 23.7 Å². The van der Waals surface area contributed by atoms with Crippen LogP contribution in [-0.2, 0) is 16.6 Å². The van der Waals surface area contributed by atoms with E-state index in [9.17, 15) is 18.0 Å².